The summed E-state index contributed by atoms with van der Waals surface area (Å²) in [6.07, 6.45) is 4.26. The highest BCUT2D eigenvalue weighted by atomic mass is 16.3. The lowest BCUT2D eigenvalue weighted by molar-refractivity contribution is 0.190. The molecule has 0 aromatic carbocycles. The fourth-order valence-electron chi connectivity index (χ4n) is 2.51. The summed E-state index contributed by atoms with van der Waals surface area (Å²) in [6.45, 7) is 5.17. The summed E-state index contributed by atoms with van der Waals surface area (Å²) in [7, 11) is 1.66. The molecule has 22 heavy (non-hydrogen) atoms. The molecule has 0 unspecified atom stereocenters. The van der Waals surface area contributed by atoms with Gasteiger partial charge in [-0.05, 0) is 30.4 Å². The summed E-state index contributed by atoms with van der Waals surface area (Å²) in [6, 6.07) is 3.84. The molecule has 1 saturated heterocycles. The maximum Gasteiger partial charge on any atom is 0.317 e. The Kier molecular flexibility index (Phi) is 6.00. The van der Waals surface area contributed by atoms with Crippen molar-refractivity contribution in [3.63, 3.8) is 0 Å². The van der Waals surface area contributed by atoms with E-state index in [4.69, 9.17) is 5.11 Å². The first-order valence-corrected chi connectivity index (χ1v) is 7.90. The van der Waals surface area contributed by atoms with Crippen molar-refractivity contribution in [2.24, 2.45) is 5.92 Å². The first-order valence-electron chi connectivity index (χ1n) is 7.90. The van der Waals surface area contributed by atoms with Crippen LogP contribution in [0.25, 0.3) is 0 Å². The molecule has 0 saturated carbocycles. The number of likely N-dealkylation sites (N-methyl/N-ethyl adjacent to an activating group) is 1. The molecule has 2 N–H and O–H groups in total. The number of piperidine rings is 1. The number of urea groups is 1. The molecule has 0 spiro atoms. The number of pyridine rings is 1. The molecule has 0 radical (unpaired) electrons. The largest absolute Gasteiger partial charge is 0.395 e. The second kappa shape index (κ2) is 7.98. The van der Waals surface area contributed by atoms with E-state index in [1.807, 2.05) is 18.3 Å². The molecule has 1 aromatic rings. The van der Waals surface area contributed by atoms with Gasteiger partial charge >= 0.3 is 6.03 Å². The standard InChI is InChI=1S/C16H26N4O2/c1-13-5-7-20(8-6-13)15-4-3-14(11-17-15)12-18-16(22)19(2)9-10-21/h3-4,11,13,21H,5-10,12H2,1-2H3,(H,18,22). The Bertz CT molecular complexity index is 470. The molecule has 2 heterocycles. The van der Waals surface area contributed by atoms with E-state index in [1.54, 1.807) is 7.05 Å². The van der Waals surface area contributed by atoms with E-state index in [0.29, 0.717) is 13.1 Å². The summed E-state index contributed by atoms with van der Waals surface area (Å²) >= 11 is 0. The van der Waals surface area contributed by atoms with E-state index >= 15 is 0 Å². The highest BCUT2D eigenvalue weighted by Gasteiger charge is 2.16. The van der Waals surface area contributed by atoms with Gasteiger partial charge in [0.2, 0.25) is 0 Å². The maximum absolute atomic E-state index is 11.7. The number of amides is 2. The van der Waals surface area contributed by atoms with Crippen LogP contribution in [0, 0.1) is 5.92 Å². The molecule has 1 aliphatic rings. The highest BCUT2D eigenvalue weighted by molar-refractivity contribution is 5.73. The van der Waals surface area contributed by atoms with E-state index < -0.39 is 0 Å². The zero-order valence-electron chi connectivity index (χ0n) is 13.5. The van der Waals surface area contributed by atoms with Gasteiger partial charge < -0.3 is 20.2 Å². The van der Waals surface area contributed by atoms with Gasteiger partial charge in [0.05, 0.1) is 6.61 Å². The van der Waals surface area contributed by atoms with Crippen LogP contribution in [-0.4, -0.2) is 54.3 Å². The minimum atomic E-state index is -0.192. The third-order valence-corrected chi connectivity index (χ3v) is 4.14. The minimum absolute atomic E-state index is 0.0331. The number of aliphatic hydroxyl groups is 1. The van der Waals surface area contributed by atoms with Gasteiger partial charge in [-0.2, -0.15) is 0 Å². The van der Waals surface area contributed by atoms with Crippen LogP contribution in [0.4, 0.5) is 10.6 Å². The maximum atomic E-state index is 11.7. The number of aliphatic hydroxyl groups excluding tert-OH is 1. The third-order valence-electron chi connectivity index (χ3n) is 4.14. The van der Waals surface area contributed by atoms with Gasteiger partial charge in [0.25, 0.3) is 0 Å². The molecule has 122 valence electrons. The van der Waals surface area contributed by atoms with Gasteiger partial charge in [-0.1, -0.05) is 13.0 Å². The highest BCUT2D eigenvalue weighted by Crippen LogP contribution is 2.21. The van der Waals surface area contributed by atoms with Crippen molar-refractivity contribution in [2.75, 3.05) is 38.2 Å². The van der Waals surface area contributed by atoms with Crippen molar-refractivity contribution in [1.82, 2.24) is 15.2 Å². The number of rotatable bonds is 5. The van der Waals surface area contributed by atoms with Crippen LogP contribution in [0.5, 0.6) is 0 Å². The van der Waals surface area contributed by atoms with Gasteiger partial charge in [0.15, 0.2) is 0 Å². The van der Waals surface area contributed by atoms with Crippen molar-refractivity contribution >= 4 is 11.8 Å². The van der Waals surface area contributed by atoms with Crippen LogP contribution in [0.3, 0.4) is 0 Å². The molecule has 6 nitrogen and oxygen atoms in total. The Balaban J connectivity index is 1.83. The fourth-order valence-corrected chi connectivity index (χ4v) is 2.51. The first kappa shape index (κ1) is 16.5. The normalized spacial score (nSPS) is 15.7. The quantitative estimate of drug-likeness (QED) is 0.864. The van der Waals surface area contributed by atoms with Gasteiger partial charge in [-0.25, -0.2) is 9.78 Å². The molecular weight excluding hydrogens is 280 g/mol. The number of carbonyl (C=O) groups excluding carboxylic acids is 1. The number of aromatic nitrogens is 1. The fraction of sp³-hybridized carbons (Fsp3) is 0.625. The average Bonchev–Trinajstić information content (AvgIpc) is 2.54. The lowest BCUT2D eigenvalue weighted by atomic mass is 9.99. The number of carbonyl (C=O) groups is 1. The molecule has 2 rings (SSSR count). The lowest BCUT2D eigenvalue weighted by Gasteiger charge is -2.31. The van der Waals surface area contributed by atoms with Crippen molar-refractivity contribution in [3.05, 3.63) is 23.9 Å². The number of hydrogen-bond donors (Lipinski definition) is 2. The number of nitrogens with zero attached hydrogens (tertiary/aromatic N) is 3. The summed E-state index contributed by atoms with van der Waals surface area (Å²) in [5, 5.41) is 11.6. The molecule has 1 fully saturated rings. The lowest BCUT2D eigenvalue weighted by Crippen LogP contribution is -2.38. The molecular formula is C16H26N4O2. The zero-order valence-corrected chi connectivity index (χ0v) is 13.5. The van der Waals surface area contributed by atoms with Gasteiger partial charge in [-0.15, -0.1) is 0 Å². The van der Waals surface area contributed by atoms with Crippen LogP contribution in [-0.2, 0) is 6.54 Å². The number of hydrogen-bond acceptors (Lipinski definition) is 4. The van der Waals surface area contributed by atoms with Crippen molar-refractivity contribution in [2.45, 2.75) is 26.3 Å². The molecule has 2 amide bonds. The SMILES string of the molecule is CC1CCN(c2ccc(CNC(=O)N(C)CCO)cn2)CC1. The summed E-state index contributed by atoms with van der Waals surface area (Å²) in [5.74, 6) is 1.82. The van der Waals surface area contributed by atoms with Crippen molar-refractivity contribution in [1.29, 1.82) is 0 Å². The van der Waals surface area contributed by atoms with E-state index in [-0.39, 0.29) is 12.6 Å². The predicted octanol–water partition coefficient (Wildman–Crippen LogP) is 1.45. The van der Waals surface area contributed by atoms with Gasteiger partial charge in [0, 0.05) is 39.4 Å². The van der Waals surface area contributed by atoms with E-state index in [9.17, 15) is 4.79 Å². The minimum Gasteiger partial charge on any atom is -0.395 e. The molecule has 1 aromatic heterocycles. The van der Waals surface area contributed by atoms with Crippen LogP contribution in [0.1, 0.15) is 25.3 Å². The third kappa shape index (κ3) is 4.59. The van der Waals surface area contributed by atoms with Crippen LogP contribution < -0.4 is 10.2 Å². The predicted molar refractivity (Wildman–Crippen MR) is 86.8 cm³/mol. The van der Waals surface area contributed by atoms with E-state index in [2.05, 4.69) is 22.1 Å². The monoisotopic (exact) mass is 306 g/mol. The Hall–Kier alpha value is -1.82. The molecule has 1 aliphatic heterocycles. The second-order valence-electron chi connectivity index (χ2n) is 6.00. The molecule has 0 aliphatic carbocycles. The summed E-state index contributed by atoms with van der Waals surface area (Å²) < 4.78 is 0. The zero-order chi connectivity index (χ0) is 15.9. The second-order valence-corrected chi connectivity index (χ2v) is 6.00. The number of nitrogens with one attached hydrogen (secondary N) is 1. The average molecular weight is 306 g/mol. The van der Waals surface area contributed by atoms with E-state index in [1.165, 1.54) is 17.7 Å². The smallest absolute Gasteiger partial charge is 0.317 e. The van der Waals surface area contributed by atoms with Crippen LogP contribution >= 0.6 is 0 Å². The Morgan fingerprint density at radius 3 is 2.77 bits per heavy atom. The summed E-state index contributed by atoms with van der Waals surface area (Å²) in [5.41, 5.74) is 0.972. The Labute approximate surface area is 132 Å². The van der Waals surface area contributed by atoms with Crippen LogP contribution in [0.15, 0.2) is 18.3 Å². The molecule has 6 heteroatoms. The van der Waals surface area contributed by atoms with Crippen molar-refractivity contribution in [3.8, 4) is 0 Å². The molecule has 0 bridgehead atoms. The van der Waals surface area contributed by atoms with E-state index in [0.717, 1.165) is 30.4 Å². The van der Waals surface area contributed by atoms with Gasteiger partial charge in [-0.3, -0.25) is 0 Å². The Morgan fingerprint density at radius 1 is 1.45 bits per heavy atom. The van der Waals surface area contributed by atoms with Crippen molar-refractivity contribution < 1.29 is 9.90 Å². The Morgan fingerprint density at radius 2 is 2.18 bits per heavy atom. The van der Waals surface area contributed by atoms with Crippen LogP contribution in [0.2, 0.25) is 0 Å². The number of anilines is 1. The first-order chi connectivity index (χ1) is 10.6. The topological polar surface area (TPSA) is 68.7 Å². The molecule has 0 atom stereocenters. The summed E-state index contributed by atoms with van der Waals surface area (Å²) in [4.78, 5) is 20.0. The van der Waals surface area contributed by atoms with Gasteiger partial charge in [0.1, 0.15) is 5.82 Å².